The summed E-state index contributed by atoms with van der Waals surface area (Å²) in [5.74, 6) is 0.175. The zero-order chi connectivity index (χ0) is 22.3. The van der Waals surface area contributed by atoms with Crippen molar-refractivity contribution in [3.63, 3.8) is 0 Å². The fourth-order valence-electron chi connectivity index (χ4n) is 2.45. The second-order valence-corrected chi connectivity index (χ2v) is 7.82. The van der Waals surface area contributed by atoms with Crippen molar-refractivity contribution in [2.75, 3.05) is 37.3 Å². The molecule has 30 heavy (non-hydrogen) atoms. The number of likely N-dealkylation sites (N-methyl/N-ethyl adjacent to an activating group) is 1. The molecule has 0 bridgehead atoms. The Balaban J connectivity index is 2.24. The number of nitrogens with one attached hydrogen (secondary N) is 2. The summed E-state index contributed by atoms with van der Waals surface area (Å²) in [5.41, 5.74) is 5.64. The summed E-state index contributed by atoms with van der Waals surface area (Å²) in [7, 11) is -1.32. The van der Waals surface area contributed by atoms with Crippen LogP contribution in [0.5, 0.6) is 11.5 Å². The minimum Gasteiger partial charge on any atom is -0.495 e. The lowest BCUT2D eigenvalue weighted by Gasteiger charge is -2.16. The van der Waals surface area contributed by atoms with E-state index in [1.807, 2.05) is 6.92 Å². The van der Waals surface area contributed by atoms with Gasteiger partial charge in [-0.25, -0.2) is 13.2 Å². The van der Waals surface area contributed by atoms with Crippen LogP contribution in [0.15, 0.2) is 47.4 Å². The number of benzene rings is 2. The Bertz CT molecular complexity index is 1010. The van der Waals surface area contributed by atoms with Crippen LogP contribution < -0.4 is 25.2 Å². The number of anilines is 2. The van der Waals surface area contributed by atoms with Gasteiger partial charge >= 0.3 is 6.03 Å². The molecule has 0 saturated heterocycles. The highest BCUT2D eigenvalue weighted by atomic mass is 32.2. The van der Waals surface area contributed by atoms with Crippen LogP contribution in [0.1, 0.15) is 6.92 Å². The van der Waals surface area contributed by atoms with Gasteiger partial charge in [0.05, 0.1) is 13.7 Å². The fraction of sp³-hybridized carbons (Fsp3) is 0.263. The van der Waals surface area contributed by atoms with Gasteiger partial charge < -0.3 is 25.4 Å². The highest BCUT2D eigenvalue weighted by Crippen LogP contribution is 2.29. The van der Waals surface area contributed by atoms with E-state index in [1.165, 1.54) is 32.4 Å². The summed E-state index contributed by atoms with van der Waals surface area (Å²) < 4.78 is 38.7. The topological polar surface area (TPSA) is 140 Å². The van der Waals surface area contributed by atoms with Crippen LogP contribution in [0, 0.1) is 0 Å². The number of primary amides is 1. The lowest BCUT2D eigenvalue weighted by atomic mass is 10.3. The Labute approximate surface area is 175 Å². The van der Waals surface area contributed by atoms with Crippen LogP contribution in [0.3, 0.4) is 0 Å². The number of methoxy groups -OCH3 is 1. The highest BCUT2D eigenvalue weighted by Gasteiger charge is 2.21. The number of urea groups is 1. The monoisotopic (exact) mass is 436 g/mol. The fourth-order valence-corrected chi connectivity index (χ4v) is 3.71. The molecule has 162 valence electrons. The zero-order valence-electron chi connectivity index (χ0n) is 16.8. The number of ether oxygens (including phenoxy) is 2. The largest absolute Gasteiger partial charge is 0.495 e. The summed E-state index contributed by atoms with van der Waals surface area (Å²) in [5, 5.41) is 2.52. The molecule has 0 atom stereocenters. The lowest BCUT2D eigenvalue weighted by molar-refractivity contribution is -0.116. The van der Waals surface area contributed by atoms with Crippen LogP contribution in [-0.2, 0) is 14.8 Å². The van der Waals surface area contributed by atoms with Gasteiger partial charge in [-0.3, -0.25) is 9.52 Å². The molecule has 0 aliphatic carbocycles. The molecule has 0 unspecified atom stereocenters. The normalized spacial score (nSPS) is 10.8. The van der Waals surface area contributed by atoms with Crippen molar-refractivity contribution in [3.05, 3.63) is 42.5 Å². The van der Waals surface area contributed by atoms with Gasteiger partial charge in [0.15, 0.2) is 0 Å². The summed E-state index contributed by atoms with van der Waals surface area (Å²) >= 11 is 0. The van der Waals surface area contributed by atoms with E-state index >= 15 is 0 Å². The molecule has 0 spiro atoms. The Morgan fingerprint density at radius 1 is 1.10 bits per heavy atom. The van der Waals surface area contributed by atoms with Gasteiger partial charge in [-0.05, 0) is 49.4 Å². The molecule has 10 nitrogen and oxygen atoms in total. The second-order valence-electron chi connectivity index (χ2n) is 6.17. The SMILES string of the molecule is CCOc1ccc(NS(=O)(=O)c2cc(NC(=O)CN(C)C(N)=O)ccc2OC)cc1. The van der Waals surface area contributed by atoms with Crippen molar-refractivity contribution < 1.29 is 27.5 Å². The zero-order valence-corrected chi connectivity index (χ0v) is 17.7. The molecule has 4 N–H and O–H groups in total. The van der Waals surface area contributed by atoms with Gasteiger partial charge in [-0.2, -0.15) is 0 Å². The summed E-state index contributed by atoms with van der Waals surface area (Å²) in [6.07, 6.45) is 0. The van der Waals surface area contributed by atoms with Crippen molar-refractivity contribution in [1.82, 2.24) is 4.90 Å². The average Bonchev–Trinajstić information content (AvgIpc) is 2.69. The van der Waals surface area contributed by atoms with Gasteiger partial charge in [-0.1, -0.05) is 0 Å². The van der Waals surface area contributed by atoms with E-state index in [2.05, 4.69) is 10.0 Å². The molecule has 0 aliphatic rings. The van der Waals surface area contributed by atoms with E-state index in [9.17, 15) is 18.0 Å². The van der Waals surface area contributed by atoms with Crippen LogP contribution in [0.4, 0.5) is 16.2 Å². The minimum absolute atomic E-state index is 0.0979. The third-order valence-corrected chi connectivity index (χ3v) is 5.31. The number of rotatable bonds is 9. The third-order valence-electron chi connectivity index (χ3n) is 3.91. The standard InChI is InChI=1S/C19H24N4O6S/c1-4-29-15-8-5-13(6-9-15)22-30(26,27)17-11-14(7-10-16(17)28-3)21-18(24)12-23(2)19(20)25/h5-11,22H,4,12H2,1-3H3,(H2,20,25)(H,21,24). The molecular weight excluding hydrogens is 412 g/mol. The predicted molar refractivity (Wildman–Crippen MR) is 112 cm³/mol. The molecule has 0 aromatic heterocycles. The van der Waals surface area contributed by atoms with Gasteiger partial charge in [0.25, 0.3) is 10.0 Å². The van der Waals surface area contributed by atoms with E-state index in [1.54, 1.807) is 24.3 Å². The summed E-state index contributed by atoms with van der Waals surface area (Å²) in [6.45, 7) is 2.06. The van der Waals surface area contributed by atoms with Crippen molar-refractivity contribution in [2.45, 2.75) is 11.8 Å². The molecular formula is C19H24N4O6S. The molecule has 2 aromatic rings. The van der Waals surface area contributed by atoms with Gasteiger partial charge in [0.1, 0.15) is 22.9 Å². The number of hydrogen-bond acceptors (Lipinski definition) is 6. The summed E-state index contributed by atoms with van der Waals surface area (Å²) in [6, 6.07) is 9.83. The molecule has 2 aromatic carbocycles. The number of carbonyl (C=O) groups excluding carboxylic acids is 2. The first kappa shape index (κ1) is 22.8. The maximum atomic E-state index is 12.9. The minimum atomic E-state index is -4.03. The molecule has 0 fully saturated rings. The van der Waals surface area contributed by atoms with Crippen LogP contribution >= 0.6 is 0 Å². The number of carbonyl (C=O) groups is 2. The number of nitrogens with two attached hydrogens (primary N) is 1. The molecule has 3 amide bonds. The number of nitrogens with zero attached hydrogens (tertiary/aromatic N) is 1. The van der Waals surface area contributed by atoms with Crippen LogP contribution in [0.2, 0.25) is 0 Å². The first-order chi connectivity index (χ1) is 14.2. The van der Waals surface area contributed by atoms with E-state index in [0.717, 1.165) is 4.90 Å². The van der Waals surface area contributed by atoms with E-state index in [-0.39, 0.29) is 22.9 Å². The Hall–Kier alpha value is -3.47. The number of amides is 3. The van der Waals surface area contributed by atoms with Crippen LogP contribution in [0.25, 0.3) is 0 Å². The van der Waals surface area contributed by atoms with Crippen molar-refractivity contribution >= 4 is 33.3 Å². The maximum absolute atomic E-state index is 12.9. The lowest BCUT2D eigenvalue weighted by Crippen LogP contribution is -2.38. The molecule has 0 aliphatic heterocycles. The molecule has 0 radical (unpaired) electrons. The van der Waals surface area contributed by atoms with E-state index in [0.29, 0.717) is 18.0 Å². The highest BCUT2D eigenvalue weighted by molar-refractivity contribution is 7.92. The third kappa shape index (κ3) is 6.01. The van der Waals surface area contributed by atoms with Crippen molar-refractivity contribution in [3.8, 4) is 11.5 Å². The Morgan fingerprint density at radius 3 is 2.30 bits per heavy atom. The van der Waals surface area contributed by atoms with E-state index < -0.39 is 22.0 Å². The van der Waals surface area contributed by atoms with E-state index in [4.69, 9.17) is 15.2 Å². The predicted octanol–water partition coefficient (Wildman–Crippen LogP) is 1.84. The maximum Gasteiger partial charge on any atom is 0.314 e. The average molecular weight is 436 g/mol. The first-order valence-corrected chi connectivity index (χ1v) is 10.4. The Morgan fingerprint density at radius 2 is 1.73 bits per heavy atom. The quantitative estimate of drug-likeness (QED) is 0.548. The molecule has 0 saturated carbocycles. The second kappa shape index (κ2) is 9.83. The van der Waals surface area contributed by atoms with Gasteiger partial charge in [-0.15, -0.1) is 0 Å². The number of sulfonamides is 1. The Kier molecular flexibility index (Phi) is 7.48. The smallest absolute Gasteiger partial charge is 0.314 e. The molecule has 2 rings (SSSR count). The van der Waals surface area contributed by atoms with Crippen molar-refractivity contribution in [2.24, 2.45) is 5.73 Å². The van der Waals surface area contributed by atoms with Crippen LogP contribution in [-0.4, -0.2) is 52.6 Å². The van der Waals surface area contributed by atoms with Gasteiger partial charge in [0, 0.05) is 18.4 Å². The molecule has 11 heteroatoms. The molecule has 0 heterocycles. The summed E-state index contributed by atoms with van der Waals surface area (Å²) in [4.78, 5) is 23.9. The van der Waals surface area contributed by atoms with Crippen molar-refractivity contribution in [1.29, 1.82) is 0 Å². The van der Waals surface area contributed by atoms with Gasteiger partial charge in [0.2, 0.25) is 5.91 Å². The number of hydrogen-bond donors (Lipinski definition) is 3. The first-order valence-electron chi connectivity index (χ1n) is 8.90.